The lowest BCUT2D eigenvalue weighted by molar-refractivity contribution is -0.0847. The molecule has 184 valence electrons. The first-order valence-electron chi connectivity index (χ1n) is 11.5. The zero-order valence-electron chi connectivity index (χ0n) is 18.7. The first-order chi connectivity index (χ1) is 16.3. The van der Waals surface area contributed by atoms with Crippen LogP contribution in [-0.4, -0.2) is 70.9 Å². The average Bonchev–Trinajstić information content (AvgIpc) is 3.32. The predicted molar refractivity (Wildman–Crippen MR) is 121 cm³/mol. The van der Waals surface area contributed by atoms with E-state index in [0.29, 0.717) is 66.9 Å². The molecule has 5 rings (SSSR count). The van der Waals surface area contributed by atoms with Crippen molar-refractivity contribution < 1.29 is 22.3 Å². The Kier molecular flexibility index (Phi) is 6.32. The lowest BCUT2D eigenvalue weighted by atomic mass is 10.0. The molecule has 11 heteroatoms. The molecule has 0 spiro atoms. The van der Waals surface area contributed by atoms with Gasteiger partial charge in [0.15, 0.2) is 0 Å². The number of pyridine rings is 1. The van der Waals surface area contributed by atoms with Crippen LogP contribution in [0.2, 0.25) is 5.15 Å². The van der Waals surface area contributed by atoms with Crippen molar-refractivity contribution in [1.82, 2.24) is 19.7 Å². The van der Waals surface area contributed by atoms with Crippen molar-refractivity contribution in [2.45, 2.75) is 50.6 Å². The van der Waals surface area contributed by atoms with Gasteiger partial charge in [0.1, 0.15) is 11.3 Å². The van der Waals surface area contributed by atoms with Gasteiger partial charge in [-0.05, 0) is 19.4 Å². The van der Waals surface area contributed by atoms with Gasteiger partial charge >= 0.3 is 6.18 Å². The first kappa shape index (κ1) is 23.6. The Morgan fingerprint density at radius 2 is 2.09 bits per heavy atom. The van der Waals surface area contributed by atoms with Gasteiger partial charge in [-0.1, -0.05) is 17.7 Å². The molecule has 6 nitrogen and oxygen atoms in total. The fourth-order valence-electron chi connectivity index (χ4n) is 4.97. The number of allylic oxidation sites excluding steroid dienone is 2. The molecule has 1 N–H and O–H groups in total. The van der Waals surface area contributed by atoms with Crippen LogP contribution >= 0.6 is 11.6 Å². The molecule has 0 radical (unpaired) electrons. The van der Waals surface area contributed by atoms with Crippen LogP contribution in [0, 0.1) is 0 Å². The van der Waals surface area contributed by atoms with Crippen LogP contribution in [0.15, 0.2) is 18.3 Å². The van der Waals surface area contributed by atoms with E-state index in [4.69, 9.17) is 16.3 Å². The Hall–Kier alpha value is -2.17. The Labute approximate surface area is 199 Å². The number of aromatic nitrogens is 3. The summed E-state index contributed by atoms with van der Waals surface area (Å²) < 4.78 is 62.2. The summed E-state index contributed by atoms with van der Waals surface area (Å²) in [7, 11) is 0. The van der Waals surface area contributed by atoms with E-state index in [0.717, 1.165) is 6.54 Å². The minimum atomic E-state index is -4.44. The van der Waals surface area contributed by atoms with E-state index in [9.17, 15) is 13.2 Å². The number of fused-ring (bicyclic) bond motifs is 1. The topological polar surface area (TPSA) is 55.2 Å². The number of anilines is 1. The molecule has 0 bridgehead atoms. The van der Waals surface area contributed by atoms with Crippen LogP contribution in [-0.2, 0) is 17.6 Å². The van der Waals surface area contributed by atoms with E-state index < -0.39 is 24.0 Å². The van der Waals surface area contributed by atoms with Crippen molar-refractivity contribution in [3.05, 3.63) is 46.0 Å². The Bertz CT molecular complexity index is 1100. The van der Waals surface area contributed by atoms with E-state index in [1.807, 2.05) is 6.92 Å². The maximum atomic E-state index is 15.0. The third-order valence-electron chi connectivity index (χ3n) is 6.75. The minimum Gasteiger partial charge on any atom is -0.385 e. The number of nitrogens with one attached hydrogen (secondary N) is 1. The maximum Gasteiger partial charge on any atom is 0.416 e. The Morgan fingerprint density at radius 3 is 2.74 bits per heavy atom. The molecule has 2 atom stereocenters. The van der Waals surface area contributed by atoms with Crippen LogP contribution in [0.4, 0.5) is 23.2 Å². The highest BCUT2D eigenvalue weighted by molar-refractivity contribution is 6.30. The smallest absolute Gasteiger partial charge is 0.385 e. The zero-order valence-corrected chi connectivity index (χ0v) is 19.5. The number of hydrogen-bond acceptors (Lipinski definition) is 5. The van der Waals surface area contributed by atoms with Gasteiger partial charge in [0, 0.05) is 55.0 Å². The van der Waals surface area contributed by atoms with E-state index in [1.165, 1.54) is 10.8 Å². The first-order valence-corrected chi connectivity index (χ1v) is 11.9. The maximum absolute atomic E-state index is 15.0. The van der Waals surface area contributed by atoms with Gasteiger partial charge in [0.25, 0.3) is 0 Å². The second-order valence-corrected chi connectivity index (χ2v) is 9.33. The summed E-state index contributed by atoms with van der Waals surface area (Å²) in [5.41, 5.74) is 1.51. The van der Waals surface area contributed by atoms with E-state index in [-0.39, 0.29) is 18.0 Å². The second kappa shape index (κ2) is 9.13. The zero-order chi connectivity index (χ0) is 24.0. The van der Waals surface area contributed by atoms with Crippen LogP contribution < -0.4 is 5.32 Å². The highest BCUT2D eigenvalue weighted by Crippen LogP contribution is 2.43. The van der Waals surface area contributed by atoms with E-state index >= 15 is 4.39 Å². The lowest BCUT2D eigenvalue weighted by Crippen LogP contribution is -2.55. The quantitative estimate of drug-likeness (QED) is 0.596. The van der Waals surface area contributed by atoms with E-state index in [1.54, 1.807) is 12.3 Å². The molecule has 3 aliphatic rings. The fraction of sp³-hybridized carbons (Fsp3) is 0.565. The van der Waals surface area contributed by atoms with Crippen molar-refractivity contribution in [2.24, 2.45) is 0 Å². The summed E-state index contributed by atoms with van der Waals surface area (Å²) in [6.45, 7) is 4.66. The van der Waals surface area contributed by atoms with Gasteiger partial charge in [-0.3, -0.25) is 9.88 Å². The van der Waals surface area contributed by atoms with Crippen molar-refractivity contribution in [1.29, 1.82) is 0 Å². The molecule has 0 aromatic carbocycles. The van der Waals surface area contributed by atoms with Gasteiger partial charge in [0.05, 0.1) is 42.8 Å². The number of rotatable bonds is 6. The summed E-state index contributed by atoms with van der Waals surface area (Å²) >= 11 is 6.61. The third kappa shape index (κ3) is 4.31. The molecule has 34 heavy (non-hydrogen) atoms. The molecule has 1 aliphatic carbocycles. The second-order valence-electron chi connectivity index (χ2n) is 8.97. The SMILES string of the molecule is CCNc1cc(Cc2cnn([C@H]3CCN(C4COC4)C[C@@H]3F)c2Cl)nc2c1C(C(F)(F)F)=CC2. The standard InChI is InChI=1S/C23H26ClF4N5O/c1-2-29-19-8-14(31-18-4-3-16(21(18)19)23(26,27)28)7-13-9-30-33(22(13)24)20-5-6-32(10-17(20)25)15-11-34-12-15/h3,8-9,15,17,20H,2,4-7,10-12H2,1H3,(H,29,31)/t17-,20-/m0/s1. The van der Waals surface area contributed by atoms with Gasteiger partial charge in [-0.15, -0.1) is 0 Å². The predicted octanol–water partition coefficient (Wildman–Crippen LogP) is 4.44. The van der Waals surface area contributed by atoms with Crippen molar-refractivity contribution in [3.8, 4) is 0 Å². The molecule has 2 aliphatic heterocycles. The largest absolute Gasteiger partial charge is 0.416 e. The molecule has 0 amide bonds. The van der Waals surface area contributed by atoms with Crippen molar-refractivity contribution in [3.63, 3.8) is 0 Å². The van der Waals surface area contributed by atoms with E-state index in [2.05, 4.69) is 20.3 Å². The molecule has 0 saturated carbocycles. The average molecular weight is 500 g/mol. The summed E-state index contributed by atoms with van der Waals surface area (Å²) in [5.74, 6) is 0. The highest BCUT2D eigenvalue weighted by atomic mass is 35.5. The Balaban J connectivity index is 1.35. The molecule has 0 unspecified atom stereocenters. The molecule has 2 aromatic heterocycles. The van der Waals surface area contributed by atoms with Gasteiger partial charge in [-0.25, -0.2) is 9.07 Å². The number of alkyl halides is 4. The van der Waals surface area contributed by atoms with Gasteiger partial charge < -0.3 is 10.1 Å². The number of halogens is 5. The van der Waals surface area contributed by atoms with Gasteiger partial charge in [-0.2, -0.15) is 18.3 Å². The summed E-state index contributed by atoms with van der Waals surface area (Å²) in [6.07, 6.45) is -1.76. The molecular formula is C23H26ClF4N5O. The summed E-state index contributed by atoms with van der Waals surface area (Å²) in [5, 5.41) is 7.75. The highest BCUT2D eigenvalue weighted by Gasteiger charge is 2.40. The molecule has 2 saturated heterocycles. The molecule has 4 heterocycles. The number of hydrogen-bond donors (Lipinski definition) is 1. The number of piperidine rings is 1. The lowest BCUT2D eigenvalue weighted by Gasteiger charge is -2.42. The number of ether oxygens (including phenoxy) is 1. The molecule has 2 fully saturated rings. The van der Waals surface area contributed by atoms with Crippen LogP contribution in [0.3, 0.4) is 0 Å². The normalized spacial score (nSPS) is 23.5. The van der Waals surface area contributed by atoms with Crippen molar-refractivity contribution >= 4 is 22.9 Å². The summed E-state index contributed by atoms with van der Waals surface area (Å²) in [6, 6.07) is 1.47. The fourth-order valence-corrected chi connectivity index (χ4v) is 5.25. The van der Waals surface area contributed by atoms with Crippen LogP contribution in [0.25, 0.3) is 5.57 Å². The van der Waals surface area contributed by atoms with Crippen molar-refractivity contribution in [2.75, 3.05) is 38.2 Å². The molecule has 2 aromatic rings. The monoisotopic (exact) mass is 499 g/mol. The molecular weight excluding hydrogens is 474 g/mol. The Morgan fingerprint density at radius 1 is 1.29 bits per heavy atom. The van der Waals surface area contributed by atoms with Crippen LogP contribution in [0.5, 0.6) is 0 Å². The summed E-state index contributed by atoms with van der Waals surface area (Å²) in [4.78, 5) is 6.61. The third-order valence-corrected chi connectivity index (χ3v) is 7.17. The number of likely N-dealkylation sites (tertiary alicyclic amines) is 1. The van der Waals surface area contributed by atoms with Crippen LogP contribution in [0.1, 0.15) is 41.9 Å². The minimum absolute atomic E-state index is 0.115. The number of nitrogens with zero attached hydrogens (tertiary/aromatic N) is 4. The van der Waals surface area contributed by atoms with Gasteiger partial charge in [0.2, 0.25) is 0 Å².